The Kier molecular flexibility index (Phi) is 4.44. The Labute approximate surface area is 137 Å². The lowest BCUT2D eigenvalue weighted by atomic mass is 10.0. The lowest BCUT2D eigenvalue weighted by Crippen LogP contribution is -2.07. The molecule has 0 aliphatic heterocycles. The zero-order chi connectivity index (χ0) is 16.2. The smallest absolute Gasteiger partial charge is 0.180 e. The molecule has 23 heavy (non-hydrogen) atoms. The highest BCUT2D eigenvalue weighted by Gasteiger charge is 2.14. The molecule has 0 fully saturated rings. The molecule has 0 bridgehead atoms. The molecular weight excluding hydrogens is 311 g/mol. The molecule has 1 aromatic heterocycles. The van der Waals surface area contributed by atoms with Crippen molar-refractivity contribution >= 4 is 22.9 Å². The molecule has 0 unspecified atom stereocenters. The molecule has 0 amide bonds. The molecule has 0 radical (unpaired) electrons. The summed E-state index contributed by atoms with van der Waals surface area (Å²) in [6, 6.07) is 16.7. The topological polar surface area (TPSA) is 34.1 Å². The molecule has 4 heteroatoms. The Bertz CT molecular complexity index is 819. The first-order valence-corrected chi connectivity index (χ1v) is 7.97. The number of thiophene rings is 1. The Morgan fingerprint density at radius 1 is 0.826 bits per heavy atom. The number of benzene rings is 2. The van der Waals surface area contributed by atoms with Crippen LogP contribution in [0.5, 0.6) is 0 Å². The fourth-order valence-corrected chi connectivity index (χ4v) is 2.93. The van der Waals surface area contributed by atoms with Crippen molar-refractivity contribution in [3.05, 3.63) is 82.3 Å². The maximum absolute atomic E-state index is 12.9. The summed E-state index contributed by atoms with van der Waals surface area (Å²) in [5, 5.41) is 1.81. The first-order valence-electron chi connectivity index (χ1n) is 7.09. The van der Waals surface area contributed by atoms with E-state index >= 15 is 0 Å². The van der Waals surface area contributed by atoms with E-state index in [4.69, 9.17) is 0 Å². The predicted octanol–water partition coefficient (Wildman–Crippen LogP) is 5.01. The van der Waals surface area contributed by atoms with E-state index in [-0.39, 0.29) is 23.8 Å². The van der Waals surface area contributed by atoms with E-state index < -0.39 is 0 Å². The van der Waals surface area contributed by atoms with E-state index in [9.17, 15) is 14.0 Å². The lowest BCUT2D eigenvalue weighted by Gasteiger charge is -2.04. The van der Waals surface area contributed by atoms with Gasteiger partial charge in [0.25, 0.3) is 0 Å². The summed E-state index contributed by atoms with van der Waals surface area (Å²) in [6.07, 6.45) is -0.129. The van der Waals surface area contributed by atoms with E-state index in [2.05, 4.69) is 0 Å². The van der Waals surface area contributed by atoms with Crippen LogP contribution in [0.2, 0.25) is 0 Å². The van der Waals surface area contributed by atoms with Crippen LogP contribution in [0.4, 0.5) is 4.39 Å². The number of halogens is 1. The standard InChI is InChI=1S/C19H13FO2S/c20-16-9-7-14(8-10-16)13-3-5-15(6-4-13)17(21)12-18(22)19-2-1-11-23-19/h1-11H,12H2. The lowest BCUT2D eigenvalue weighted by molar-refractivity contribution is 0.0896. The first-order chi connectivity index (χ1) is 11.1. The van der Waals surface area contributed by atoms with Gasteiger partial charge >= 0.3 is 0 Å². The van der Waals surface area contributed by atoms with E-state index in [0.717, 1.165) is 11.1 Å². The van der Waals surface area contributed by atoms with Gasteiger partial charge in [-0.2, -0.15) is 0 Å². The van der Waals surface area contributed by atoms with Crippen LogP contribution in [0.15, 0.2) is 66.0 Å². The fourth-order valence-electron chi connectivity index (χ4n) is 2.26. The van der Waals surface area contributed by atoms with Crippen molar-refractivity contribution in [1.82, 2.24) is 0 Å². The van der Waals surface area contributed by atoms with Gasteiger partial charge in [0, 0.05) is 5.56 Å². The predicted molar refractivity (Wildman–Crippen MR) is 89.4 cm³/mol. The third-order valence-electron chi connectivity index (χ3n) is 3.50. The molecule has 1 heterocycles. The van der Waals surface area contributed by atoms with Gasteiger partial charge in [-0.25, -0.2) is 4.39 Å². The van der Waals surface area contributed by atoms with Crippen LogP contribution in [0, 0.1) is 5.82 Å². The van der Waals surface area contributed by atoms with Crippen molar-refractivity contribution in [2.75, 3.05) is 0 Å². The number of Topliss-reactive ketones (excluding diaryl/α,β-unsaturated/α-hetero) is 2. The number of hydrogen-bond donors (Lipinski definition) is 0. The van der Waals surface area contributed by atoms with Gasteiger partial charge in [0.2, 0.25) is 0 Å². The van der Waals surface area contributed by atoms with Crippen LogP contribution < -0.4 is 0 Å². The fraction of sp³-hybridized carbons (Fsp3) is 0.0526. The maximum atomic E-state index is 12.9. The van der Waals surface area contributed by atoms with Crippen LogP contribution in [0.25, 0.3) is 11.1 Å². The minimum atomic E-state index is -0.285. The summed E-state index contributed by atoms with van der Waals surface area (Å²) >= 11 is 1.34. The molecule has 0 N–H and O–H groups in total. The minimum absolute atomic E-state index is 0.129. The number of carbonyl (C=O) groups is 2. The van der Waals surface area contributed by atoms with Crippen LogP contribution in [0.1, 0.15) is 26.5 Å². The minimum Gasteiger partial charge on any atom is -0.294 e. The highest BCUT2D eigenvalue weighted by molar-refractivity contribution is 7.12. The number of hydrogen-bond acceptors (Lipinski definition) is 3. The van der Waals surface area contributed by atoms with Crippen molar-refractivity contribution in [3.8, 4) is 11.1 Å². The van der Waals surface area contributed by atoms with E-state index in [1.807, 2.05) is 5.38 Å². The molecule has 0 aliphatic carbocycles. The average molecular weight is 324 g/mol. The van der Waals surface area contributed by atoms with Gasteiger partial charge in [0.05, 0.1) is 11.3 Å². The summed E-state index contributed by atoms with van der Waals surface area (Å²) in [5.41, 5.74) is 2.27. The molecule has 0 spiro atoms. The molecule has 0 atom stereocenters. The van der Waals surface area contributed by atoms with Crippen LogP contribution in [-0.2, 0) is 0 Å². The maximum Gasteiger partial charge on any atom is 0.180 e. The number of rotatable bonds is 5. The normalized spacial score (nSPS) is 10.5. The second-order valence-electron chi connectivity index (χ2n) is 5.08. The molecule has 114 valence electrons. The molecular formula is C19H13FO2S. The molecule has 0 saturated heterocycles. The third kappa shape index (κ3) is 3.60. The Hall–Kier alpha value is -2.59. The highest BCUT2D eigenvalue weighted by atomic mass is 32.1. The van der Waals surface area contributed by atoms with E-state index in [1.54, 1.807) is 48.5 Å². The largest absolute Gasteiger partial charge is 0.294 e. The van der Waals surface area contributed by atoms with Gasteiger partial charge in [0.15, 0.2) is 11.6 Å². The van der Waals surface area contributed by atoms with Gasteiger partial charge in [0.1, 0.15) is 5.82 Å². The molecule has 3 rings (SSSR count). The Morgan fingerprint density at radius 2 is 1.43 bits per heavy atom. The highest BCUT2D eigenvalue weighted by Crippen LogP contribution is 2.21. The summed E-state index contributed by atoms with van der Waals surface area (Å²) in [5.74, 6) is -0.644. The number of ketones is 2. The van der Waals surface area contributed by atoms with Gasteiger partial charge in [-0.1, -0.05) is 42.5 Å². The second-order valence-corrected chi connectivity index (χ2v) is 6.03. The van der Waals surface area contributed by atoms with Crippen LogP contribution >= 0.6 is 11.3 Å². The molecule has 2 aromatic carbocycles. The summed E-state index contributed by atoms with van der Waals surface area (Å²) < 4.78 is 12.9. The summed E-state index contributed by atoms with van der Waals surface area (Å²) in [7, 11) is 0. The van der Waals surface area contributed by atoms with Crippen molar-refractivity contribution in [2.45, 2.75) is 6.42 Å². The second kappa shape index (κ2) is 6.67. The number of carbonyl (C=O) groups excluding carboxylic acids is 2. The zero-order valence-electron chi connectivity index (χ0n) is 12.2. The SMILES string of the molecule is O=C(CC(=O)c1cccs1)c1ccc(-c2ccc(F)cc2)cc1. The molecule has 2 nitrogen and oxygen atoms in total. The van der Waals surface area contributed by atoms with E-state index in [0.29, 0.717) is 10.4 Å². The van der Waals surface area contributed by atoms with Crippen molar-refractivity contribution in [2.24, 2.45) is 0 Å². The zero-order valence-corrected chi connectivity index (χ0v) is 13.0. The Balaban J connectivity index is 1.72. The van der Waals surface area contributed by atoms with Gasteiger partial charge in [-0.05, 0) is 34.7 Å². The molecule has 3 aromatic rings. The van der Waals surface area contributed by atoms with Gasteiger partial charge < -0.3 is 0 Å². The van der Waals surface area contributed by atoms with Crippen LogP contribution in [0.3, 0.4) is 0 Å². The van der Waals surface area contributed by atoms with Crippen LogP contribution in [-0.4, -0.2) is 11.6 Å². The third-order valence-corrected chi connectivity index (χ3v) is 4.41. The first kappa shape index (κ1) is 15.3. The Morgan fingerprint density at radius 3 is 2.00 bits per heavy atom. The van der Waals surface area contributed by atoms with E-state index in [1.165, 1.54) is 23.5 Å². The van der Waals surface area contributed by atoms with Crippen molar-refractivity contribution in [3.63, 3.8) is 0 Å². The molecule has 0 saturated carbocycles. The van der Waals surface area contributed by atoms with Crippen molar-refractivity contribution < 1.29 is 14.0 Å². The van der Waals surface area contributed by atoms with Crippen molar-refractivity contribution in [1.29, 1.82) is 0 Å². The monoisotopic (exact) mass is 324 g/mol. The summed E-state index contributed by atoms with van der Waals surface area (Å²) in [6.45, 7) is 0. The average Bonchev–Trinajstić information content (AvgIpc) is 3.10. The quantitative estimate of drug-likeness (QED) is 0.488. The van der Waals surface area contributed by atoms with Gasteiger partial charge in [-0.15, -0.1) is 11.3 Å². The van der Waals surface area contributed by atoms with Gasteiger partial charge in [-0.3, -0.25) is 9.59 Å². The molecule has 0 aliphatic rings. The summed E-state index contributed by atoms with van der Waals surface area (Å²) in [4.78, 5) is 24.7.